The topological polar surface area (TPSA) is 0 Å². The molecular formula is C13H20. The Morgan fingerprint density at radius 1 is 1.08 bits per heavy atom. The Balaban J connectivity index is 2.67. The van der Waals surface area contributed by atoms with E-state index < -0.39 is 0 Å². The highest BCUT2D eigenvalue weighted by atomic mass is 14.1. The molecule has 0 spiro atoms. The monoisotopic (exact) mass is 176 g/mol. The van der Waals surface area contributed by atoms with Gasteiger partial charge in [0.15, 0.2) is 0 Å². The highest BCUT2D eigenvalue weighted by Gasteiger charge is 2.09. The van der Waals surface area contributed by atoms with E-state index in [9.17, 15) is 0 Å². The second kappa shape index (κ2) is 5.06. The molecule has 0 aliphatic carbocycles. The van der Waals surface area contributed by atoms with Gasteiger partial charge in [-0.1, -0.05) is 51.1 Å². The lowest BCUT2D eigenvalue weighted by atomic mass is 9.88. The molecule has 72 valence electrons. The molecule has 1 aromatic rings. The smallest absolute Gasteiger partial charge is 0.0162 e. The fraction of sp³-hybridized carbons (Fsp3) is 0.538. The zero-order chi connectivity index (χ0) is 9.68. The van der Waals surface area contributed by atoms with E-state index in [-0.39, 0.29) is 0 Å². The zero-order valence-corrected chi connectivity index (χ0v) is 8.96. The third-order valence-corrected chi connectivity index (χ3v) is 2.52. The fourth-order valence-electron chi connectivity index (χ4n) is 1.83. The van der Waals surface area contributed by atoms with Crippen molar-refractivity contribution < 1.29 is 0 Å². The van der Waals surface area contributed by atoms with E-state index in [1.54, 1.807) is 0 Å². The average Bonchev–Trinajstić information content (AvgIpc) is 2.15. The van der Waals surface area contributed by atoms with Crippen LogP contribution in [0.25, 0.3) is 0 Å². The predicted octanol–water partition coefficient (Wildman–Crippen LogP) is 4.23. The number of hydrogen-bond acceptors (Lipinski definition) is 0. The Morgan fingerprint density at radius 2 is 1.69 bits per heavy atom. The van der Waals surface area contributed by atoms with Crippen LogP contribution in [0.15, 0.2) is 30.3 Å². The molecule has 0 heteroatoms. The second-order valence-electron chi connectivity index (χ2n) is 4.15. The molecule has 0 radical (unpaired) electrons. The minimum atomic E-state index is 0.751. The molecule has 0 aliphatic heterocycles. The van der Waals surface area contributed by atoms with E-state index >= 15 is 0 Å². The molecule has 1 rings (SSSR count). The van der Waals surface area contributed by atoms with Crippen LogP contribution < -0.4 is 0 Å². The van der Waals surface area contributed by atoms with Crippen molar-refractivity contribution in [3.63, 3.8) is 0 Å². The summed E-state index contributed by atoms with van der Waals surface area (Å²) in [7, 11) is 0. The summed E-state index contributed by atoms with van der Waals surface area (Å²) in [6.07, 6.45) is 2.56. The summed E-state index contributed by atoms with van der Waals surface area (Å²) >= 11 is 0. The van der Waals surface area contributed by atoms with Gasteiger partial charge >= 0.3 is 0 Å². The van der Waals surface area contributed by atoms with Crippen LogP contribution in [-0.2, 0) is 0 Å². The fourth-order valence-corrected chi connectivity index (χ4v) is 1.83. The van der Waals surface area contributed by atoms with Gasteiger partial charge in [0.2, 0.25) is 0 Å². The average molecular weight is 176 g/mol. The molecule has 0 nitrogen and oxygen atoms in total. The highest BCUT2D eigenvalue weighted by molar-refractivity contribution is 5.19. The van der Waals surface area contributed by atoms with Crippen LogP contribution in [0.1, 0.15) is 45.1 Å². The summed E-state index contributed by atoms with van der Waals surface area (Å²) in [5.74, 6) is 1.55. The van der Waals surface area contributed by atoms with E-state index in [0.717, 1.165) is 11.8 Å². The van der Waals surface area contributed by atoms with Crippen molar-refractivity contribution in [1.29, 1.82) is 0 Å². The molecule has 0 aromatic heterocycles. The lowest BCUT2D eigenvalue weighted by Gasteiger charge is -2.17. The van der Waals surface area contributed by atoms with E-state index in [1.807, 2.05) is 0 Å². The van der Waals surface area contributed by atoms with Gasteiger partial charge in [0.05, 0.1) is 0 Å². The Morgan fingerprint density at radius 3 is 2.15 bits per heavy atom. The molecule has 0 fully saturated rings. The summed E-state index contributed by atoms with van der Waals surface area (Å²) in [6, 6.07) is 10.9. The highest BCUT2D eigenvalue weighted by Crippen LogP contribution is 2.26. The first kappa shape index (κ1) is 10.3. The van der Waals surface area contributed by atoms with E-state index in [0.29, 0.717) is 0 Å². The largest absolute Gasteiger partial charge is 0.0648 e. The summed E-state index contributed by atoms with van der Waals surface area (Å²) < 4.78 is 0. The minimum absolute atomic E-state index is 0.751. The molecule has 0 heterocycles. The molecule has 1 aromatic carbocycles. The van der Waals surface area contributed by atoms with Crippen molar-refractivity contribution in [3.05, 3.63) is 35.9 Å². The Kier molecular flexibility index (Phi) is 4.01. The molecule has 0 N–H and O–H groups in total. The first-order valence-corrected chi connectivity index (χ1v) is 5.29. The van der Waals surface area contributed by atoms with Gasteiger partial charge < -0.3 is 0 Å². The maximum atomic E-state index is 2.30. The maximum absolute atomic E-state index is 2.30. The van der Waals surface area contributed by atoms with Crippen LogP contribution in [0.5, 0.6) is 0 Å². The molecule has 0 bridgehead atoms. The lowest BCUT2D eigenvalue weighted by Crippen LogP contribution is -2.01. The van der Waals surface area contributed by atoms with Gasteiger partial charge in [0.1, 0.15) is 0 Å². The second-order valence-corrected chi connectivity index (χ2v) is 4.15. The SMILES string of the molecule is CC[C@@H](CC(C)C)c1ccccc1. The van der Waals surface area contributed by atoms with Crippen LogP contribution in [0.3, 0.4) is 0 Å². The molecule has 0 unspecified atom stereocenters. The number of benzene rings is 1. The maximum Gasteiger partial charge on any atom is -0.0162 e. The van der Waals surface area contributed by atoms with Crippen molar-refractivity contribution in [2.24, 2.45) is 5.92 Å². The van der Waals surface area contributed by atoms with Crippen LogP contribution in [-0.4, -0.2) is 0 Å². The van der Waals surface area contributed by atoms with E-state index in [2.05, 4.69) is 51.1 Å². The van der Waals surface area contributed by atoms with Gasteiger partial charge in [-0.25, -0.2) is 0 Å². The first-order chi connectivity index (χ1) is 6.24. The Hall–Kier alpha value is -0.780. The van der Waals surface area contributed by atoms with E-state index in [4.69, 9.17) is 0 Å². The van der Waals surface area contributed by atoms with E-state index in [1.165, 1.54) is 18.4 Å². The summed E-state index contributed by atoms with van der Waals surface area (Å²) in [5.41, 5.74) is 1.50. The standard InChI is InChI=1S/C13H20/c1-4-12(10-11(2)3)13-8-6-5-7-9-13/h5-9,11-12H,4,10H2,1-3H3/t12-/m0/s1. The van der Waals surface area contributed by atoms with Gasteiger partial charge in [0, 0.05) is 0 Å². The van der Waals surface area contributed by atoms with Gasteiger partial charge in [-0.2, -0.15) is 0 Å². The molecule has 1 atom stereocenters. The molecule has 0 saturated heterocycles. The normalized spacial score (nSPS) is 13.2. The third-order valence-electron chi connectivity index (χ3n) is 2.52. The van der Waals surface area contributed by atoms with Crippen LogP contribution in [0.2, 0.25) is 0 Å². The predicted molar refractivity (Wildman–Crippen MR) is 58.9 cm³/mol. The van der Waals surface area contributed by atoms with Crippen molar-refractivity contribution in [2.75, 3.05) is 0 Å². The number of rotatable bonds is 4. The van der Waals surface area contributed by atoms with Gasteiger partial charge in [-0.15, -0.1) is 0 Å². The van der Waals surface area contributed by atoms with Gasteiger partial charge in [-0.3, -0.25) is 0 Å². The minimum Gasteiger partial charge on any atom is -0.0648 e. The molecule has 0 amide bonds. The Labute approximate surface area is 82.0 Å². The third kappa shape index (κ3) is 3.22. The number of hydrogen-bond donors (Lipinski definition) is 0. The van der Waals surface area contributed by atoms with Crippen molar-refractivity contribution in [2.45, 2.75) is 39.5 Å². The summed E-state index contributed by atoms with van der Waals surface area (Å²) in [5, 5.41) is 0. The first-order valence-electron chi connectivity index (χ1n) is 5.29. The lowest BCUT2D eigenvalue weighted by molar-refractivity contribution is 0.489. The molecular weight excluding hydrogens is 156 g/mol. The molecule has 13 heavy (non-hydrogen) atoms. The zero-order valence-electron chi connectivity index (χ0n) is 8.96. The molecule has 0 saturated carbocycles. The quantitative estimate of drug-likeness (QED) is 0.644. The van der Waals surface area contributed by atoms with Crippen LogP contribution >= 0.6 is 0 Å². The Bertz CT molecular complexity index is 223. The van der Waals surface area contributed by atoms with Gasteiger partial charge in [-0.05, 0) is 30.2 Å². The van der Waals surface area contributed by atoms with Crippen molar-refractivity contribution in [3.8, 4) is 0 Å². The van der Waals surface area contributed by atoms with Crippen LogP contribution in [0, 0.1) is 5.92 Å². The summed E-state index contributed by atoms with van der Waals surface area (Å²) in [6.45, 7) is 6.87. The van der Waals surface area contributed by atoms with Crippen molar-refractivity contribution >= 4 is 0 Å². The molecule has 0 aliphatic rings. The summed E-state index contributed by atoms with van der Waals surface area (Å²) in [4.78, 5) is 0. The van der Waals surface area contributed by atoms with Crippen LogP contribution in [0.4, 0.5) is 0 Å². The van der Waals surface area contributed by atoms with Crippen molar-refractivity contribution in [1.82, 2.24) is 0 Å². The van der Waals surface area contributed by atoms with Gasteiger partial charge in [0.25, 0.3) is 0 Å².